The lowest BCUT2D eigenvalue weighted by Gasteiger charge is -2.12. The molecule has 0 aliphatic carbocycles. The van der Waals surface area contributed by atoms with Gasteiger partial charge in [-0.05, 0) is 24.6 Å². The van der Waals surface area contributed by atoms with Crippen LogP contribution in [0.1, 0.15) is 5.56 Å². The first-order valence-corrected chi connectivity index (χ1v) is 8.26. The molecule has 9 heteroatoms. The van der Waals surface area contributed by atoms with E-state index in [1.165, 1.54) is 11.3 Å². The van der Waals surface area contributed by atoms with Gasteiger partial charge in [-0.15, -0.1) is 0 Å². The Bertz CT molecular complexity index is 1120. The van der Waals surface area contributed by atoms with Crippen LogP contribution in [0.2, 0.25) is 0 Å². The first-order valence-electron chi connectivity index (χ1n) is 7.45. The summed E-state index contributed by atoms with van der Waals surface area (Å²) < 4.78 is 14.8. The third-order valence-corrected chi connectivity index (χ3v) is 4.92. The molecule has 0 aliphatic rings. The van der Waals surface area contributed by atoms with E-state index < -0.39 is 0 Å². The molecule has 0 saturated carbocycles. The zero-order valence-electron chi connectivity index (χ0n) is 13.3. The van der Waals surface area contributed by atoms with E-state index in [2.05, 4.69) is 30.8 Å². The topological polar surface area (TPSA) is 95.6 Å². The molecule has 0 radical (unpaired) electrons. The van der Waals surface area contributed by atoms with E-state index >= 15 is 0 Å². The summed E-state index contributed by atoms with van der Waals surface area (Å²) >= 11 is 1.26. The molecule has 4 rings (SSSR count). The van der Waals surface area contributed by atoms with E-state index in [9.17, 15) is 9.18 Å². The monoisotopic (exact) mass is 356 g/mol. The van der Waals surface area contributed by atoms with Gasteiger partial charge >= 0.3 is 0 Å². The van der Waals surface area contributed by atoms with E-state index in [1.807, 2.05) is 0 Å². The van der Waals surface area contributed by atoms with Gasteiger partial charge < -0.3 is 10.6 Å². The Balaban J connectivity index is 1.98. The van der Waals surface area contributed by atoms with Crippen LogP contribution in [0.3, 0.4) is 0 Å². The first kappa shape index (κ1) is 15.5. The van der Waals surface area contributed by atoms with E-state index in [1.54, 1.807) is 32.3 Å². The van der Waals surface area contributed by atoms with Gasteiger partial charge in [-0.1, -0.05) is 11.3 Å². The fourth-order valence-corrected chi connectivity index (χ4v) is 3.70. The average molecular weight is 356 g/mol. The van der Waals surface area contributed by atoms with Crippen LogP contribution in [0.5, 0.6) is 0 Å². The van der Waals surface area contributed by atoms with Gasteiger partial charge in [0, 0.05) is 18.0 Å². The van der Waals surface area contributed by atoms with Crippen LogP contribution in [-0.2, 0) is 4.79 Å². The number of fused-ring (bicyclic) bond motifs is 2. The first-order chi connectivity index (χ1) is 12.1. The number of hydrogen-bond donors (Lipinski definition) is 3. The molecule has 25 heavy (non-hydrogen) atoms. The highest BCUT2D eigenvalue weighted by Crippen LogP contribution is 2.38. The molecule has 0 aliphatic heterocycles. The number of benzene rings is 1. The maximum Gasteiger partial charge on any atom is 0.213 e. The molecule has 126 valence electrons. The molecule has 0 unspecified atom stereocenters. The number of anilines is 2. The largest absolute Gasteiger partial charge is 0.384 e. The number of nitrogens with zero attached hydrogens (tertiary/aromatic N) is 3. The number of nitrogens with one attached hydrogen (secondary N) is 3. The molecule has 0 bridgehead atoms. The second-order valence-corrected chi connectivity index (χ2v) is 6.38. The molecule has 3 heterocycles. The molecule has 1 aromatic carbocycles. The van der Waals surface area contributed by atoms with Crippen molar-refractivity contribution in [1.82, 2.24) is 20.2 Å². The van der Waals surface area contributed by atoms with E-state index in [0.29, 0.717) is 49.9 Å². The van der Waals surface area contributed by atoms with E-state index in [0.717, 1.165) is 5.39 Å². The van der Waals surface area contributed by atoms with Crippen LogP contribution >= 0.6 is 11.3 Å². The zero-order valence-corrected chi connectivity index (χ0v) is 14.2. The van der Waals surface area contributed by atoms with Crippen molar-refractivity contribution in [2.24, 2.45) is 0 Å². The van der Waals surface area contributed by atoms with Gasteiger partial charge in [0.2, 0.25) is 6.41 Å². The number of carbonyl (C=O) groups excluding carboxylic acids is 1. The van der Waals surface area contributed by atoms with Crippen molar-refractivity contribution in [3.8, 4) is 11.3 Å². The number of pyridine rings is 1. The van der Waals surface area contributed by atoms with Gasteiger partial charge in [0.05, 0.1) is 23.1 Å². The Morgan fingerprint density at radius 2 is 2.16 bits per heavy atom. The van der Waals surface area contributed by atoms with E-state index in [4.69, 9.17) is 0 Å². The number of H-pyrrole nitrogens is 1. The summed E-state index contributed by atoms with van der Waals surface area (Å²) in [6.07, 6.45) is 2.24. The van der Waals surface area contributed by atoms with Crippen LogP contribution < -0.4 is 10.6 Å². The standard InChI is InChI=1S/C16H13FN6OS/c1-7-11(8-5-20-23-13(8)14(18-2)12(7)17)9-3-4-10-15(21-9)25-16(22-10)19-6-24/h3-6,18H,1-2H3,(H,20,23)(H,19,22,24). The van der Waals surface area contributed by atoms with Crippen LogP contribution in [0.4, 0.5) is 15.2 Å². The minimum atomic E-state index is -0.344. The molecule has 1 amide bonds. The van der Waals surface area contributed by atoms with Crippen LogP contribution in [-0.4, -0.2) is 33.6 Å². The predicted molar refractivity (Wildman–Crippen MR) is 96.4 cm³/mol. The second-order valence-electron chi connectivity index (χ2n) is 5.40. The maximum absolute atomic E-state index is 14.8. The van der Waals surface area contributed by atoms with Gasteiger partial charge in [-0.3, -0.25) is 9.89 Å². The number of halogens is 1. The number of aromatic nitrogens is 4. The Morgan fingerprint density at radius 1 is 1.32 bits per heavy atom. The number of aromatic amines is 1. The van der Waals surface area contributed by atoms with Crippen molar-refractivity contribution in [2.45, 2.75) is 6.92 Å². The Hall–Kier alpha value is -3.07. The normalized spacial score (nSPS) is 11.2. The molecule has 4 aromatic rings. The molecule has 0 atom stereocenters. The third-order valence-electron chi connectivity index (χ3n) is 4.03. The fraction of sp³-hybridized carbons (Fsp3) is 0.125. The van der Waals surface area contributed by atoms with Crippen molar-refractivity contribution in [3.63, 3.8) is 0 Å². The SMILES string of the molecule is CNc1c(F)c(C)c(-c2ccc3nc(NC=O)sc3n2)c2cn[nH]c12. The van der Waals surface area contributed by atoms with Crippen molar-refractivity contribution in [1.29, 1.82) is 0 Å². The van der Waals surface area contributed by atoms with Gasteiger partial charge in [0.1, 0.15) is 10.3 Å². The number of amides is 1. The summed E-state index contributed by atoms with van der Waals surface area (Å²) in [6, 6.07) is 3.60. The van der Waals surface area contributed by atoms with Crippen molar-refractivity contribution < 1.29 is 9.18 Å². The average Bonchev–Trinajstić information content (AvgIpc) is 3.22. The van der Waals surface area contributed by atoms with Gasteiger partial charge in [0.25, 0.3) is 0 Å². The van der Waals surface area contributed by atoms with Gasteiger partial charge in [-0.2, -0.15) is 5.10 Å². The second kappa shape index (κ2) is 5.78. The molecule has 3 aromatic heterocycles. The summed E-state index contributed by atoms with van der Waals surface area (Å²) in [7, 11) is 1.67. The van der Waals surface area contributed by atoms with Crippen LogP contribution in [0.25, 0.3) is 32.5 Å². The summed E-state index contributed by atoms with van der Waals surface area (Å²) in [6.45, 7) is 1.72. The molecule has 0 saturated heterocycles. The Kier molecular flexibility index (Phi) is 3.57. The highest BCUT2D eigenvalue weighted by molar-refractivity contribution is 7.21. The number of hydrogen-bond acceptors (Lipinski definition) is 6. The molecular weight excluding hydrogens is 343 g/mol. The third kappa shape index (κ3) is 2.31. The summed E-state index contributed by atoms with van der Waals surface area (Å²) in [5, 5.41) is 13.5. The maximum atomic E-state index is 14.8. The molecule has 3 N–H and O–H groups in total. The summed E-state index contributed by atoms with van der Waals surface area (Å²) in [4.78, 5) is 20.1. The molecule has 0 fully saturated rings. The predicted octanol–water partition coefficient (Wildman–Crippen LogP) is 3.29. The Morgan fingerprint density at radius 3 is 2.92 bits per heavy atom. The Labute approximate surface area is 145 Å². The highest BCUT2D eigenvalue weighted by atomic mass is 32.1. The minimum Gasteiger partial charge on any atom is -0.384 e. The lowest BCUT2D eigenvalue weighted by Crippen LogP contribution is -2.00. The quantitative estimate of drug-likeness (QED) is 0.488. The lowest BCUT2D eigenvalue weighted by atomic mass is 9.99. The lowest BCUT2D eigenvalue weighted by molar-refractivity contribution is -0.105. The van der Waals surface area contributed by atoms with Crippen LogP contribution in [0, 0.1) is 12.7 Å². The zero-order chi connectivity index (χ0) is 17.6. The highest BCUT2D eigenvalue weighted by Gasteiger charge is 2.20. The summed E-state index contributed by atoms with van der Waals surface area (Å²) in [5.41, 5.74) is 3.44. The van der Waals surface area contributed by atoms with Crippen LogP contribution in [0.15, 0.2) is 18.3 Å². The smallest absolute Gasteiger partial charge is 0.213 e. The molecule has 0 spiro atoms. The van der Waals surface area contributed by atoms with E-state index in [-0.39, 0.29) is 5.82 Å². The van der Waals surface area contributed by atoms with Crippen molar-refractivity contribution in [2.75, 3.05) is 17.7 Å². The summed E-state index contributed by atoms with van der Waals surface area (Å²) in [5.74, 6) is -0.344. The van der Waals surface area contributed by atoms with Gasteiger partial charge in [-0.25, -0.2) is 14.4 Å². The number of thiazole rings is 1. The fourth-order valence-electron chi connectivity index (χ4n) is 2.91. The molecule has 7 nitrogen and oxygen atoms in total. The van der Waals surface area contributed by atoms with Crippen molar-refractivity contribution in [3.05, 3.63) is 29.7 Å². The molecular formula is C16H13FN6OS. The minimum absolute atomic E-state index is 0.344. The number of rotatable bonds is 4. The van der Waals surface area contributed by atoms with Gasteiger partial charge in [0.15, 0.2) is 10.9 Å². The van der Waals surface area contributed by atoms with Crippen molar-refractivity contribution >= 4 is 49.8 Å². The number of carbonyl (C=O) groups is 1.